The molecule has 2 rings (SSSR count). The molecule has 0 fully saturated rings. The van der Waals surface area contributed by atoms with Crippen LogP contribution < -0.4 is 10.2 Å². The minimum absolute atomic E-state index is 0.708. The minimum atomic E-state index is 0.708. The molecule has 2 heterocycles. The average molecular weight is 308 g/mol. The Morgan fingerprint density at radius 3 is 2.86 bits per heavy atom. The second kappa shape index (κ2) is 7.56. The predicted molar refractivity (Wildman–Crippen MR) is 90.7 cm³/mol. The molecule has 0 amide bonds. The van der Waals surface area contributed by atoms with E-state index in [4.69, 9.17) is 4.74 Å². The Balaban J connectivity index is 2.29. The quantitative estimate of drug-likeness (QED) is 0.758. The number of aromatic nitrogens is 2. The number of likely N-dealkylation sites (N-methyl/N-ethyl adjacent to an activating group) is 1. The molecule has 0 aliphatic heterocycles. The van der Waals surface area contributed by atoms with Gasteiger partial charge in [0, 0.05) is 31.6 Å². The van der Waals surface area contributed by atoms with Gasteiger partial charge in [0.1, 0.15) is 10.6 Å². The Morgan fingerprint density at radius 1 is 1.33 bits per heavy atom. The summed E-state index contributed by atoms with van der Waals surface area (Å²) in [6.07, 6.45) is 1.06. The van der Waals surface area contributed by atoms with E-state index in [1.165, 1.54) is 4.88 Å². The number of aryl methyl sites for hydroxylation is 1. The van der Waals surface area contributed by atoms with Crippen molar-refractivity contribution >= 4 is 33.3 Å². The van der Waals surface area contributed by atoms with Gasteiger partial charge >= 0.3 is 0 Å². The number of hydrogen-bond donors (Lipinski definition) is 1. The van der Waals surface area contributed by atoms with Gasteiger partial charge in [0.05, 0.1) is 12.0 Å². The van der Waals surface area contributed by atoms with Gasteiger partial charge in [0.15, 0.2) is 0 Å². The Hall–Kier alpha value is -1.40. The monoisotopic (exact) mass is 308 g/mol. The van der Waals surface area contributed by atoms with Gasteiger partial charge < -0.3 is 15.0 Å². The van der Waals surface area contributed by atoms with Crippen LogP contribution >= 0.6 is 11.3 Å². The molecule has 0 atom stereocenters. The van der Waals surface area contributed by atoms with Crippen molar-refractivity contribution in [2.24, 2.45) is 0 Å². The molecule has 2 aromatic heterocycles. The standard InChI is InChI=1S/C15H24N4OS/c1-5-7-16-15-17-13(19(4)8-9-20-6-2)12-10-11(3)21-14(12)18-15/h10H,5-9H2,1-4H3,(H,16,17,18). The molecule has 0 saturated carbocycles. The fourth-order valence-corrected chi connectivity index (χ4v) is 2.96. The smallest absolute Gasteiger partial charge is 0.226 e. The summed E-state index contributed by atoms with van der Waals surface area (Å²) < 4.78 is 5.44. The lowest BCUT2D eigenvalue weighted by Crippen LogP contribution is -2.24. The Kier molecular flexibility index (Phi) is 5.76. The summed E-state index contributed by atoms with van der Waals surface area (Å²) in [6.45, 7) is 9.41. The highest BCUT2D eigenvalue weighted by Gasteiger charge is 2.13. The maximum atomic E-state index is 5.44. The van der Waals surface area contributed by atoms with Crippen molar-refractivity contribution in [3.63, 3.8) is 0 Å². The average Bonchev–Trinajstić information content (AvgIpc) is 2.84. The van der Waals surface area contributed by atoms with E-state index in [9.17, 15) is 0 Å². The summed E-state index contributed by atoms with van der Waals surface area (Å²) in [5, 5.41) is 4.41. The minimum Gasteiger partial charge on any atom is -0.380 e. The first kappa shape index (κ1) is 16.0. The number of rotatable bonds is 8. The largest absolute Gasteiger partial charge is 0.380 e. The molecular weight excluding hydrogens is 284 g/mol. The van der Waals surface area contributed by atoms with Gasteiger partial charge in [-0.25, -0.2) is 4.98 Å². The Morgan fingerprint density at radius 2 is 2.14 bits per heavy atom. The highest BCUT2D eigenvalue weighted by Crippen LogP contribution is 2.31. The zero-order valence-corrected chi connectivity index (χ0v) is 14.1. The van der Waals surface area contributed by atoms with Gasteiger partial charge in [-0.1, -0.05) is 6.92 Å². The van der Waals surface area contributed by atoms with Crippen LogP contribution in [0.3, 0.4) is 0 Å². The molecular formula is C15H24N4OS. The second-order valence-electron chi connectivity index (χ2n) is 4.99. The third kappa shape index (κ3) is 4.04. The molecule has 5 nitrogen and oxygen atoms in total. The summed E-state index contributed by atoms with van der Waals surface area (Å²) in [6, 6.07) is 2.16. The number of fused-ring (bicyclic) bond motifs is 1. The fraction of sp³-hybridized carbons (Fsp3) is 0.600. The van der Waals surface area contributed by atoms with Gasteiger partial charge in [0.25, 0.3) is 0 Å². The van der Waals surface area contributed by atoms with Crippen molar-refractivity contribution in [2.75, 3.05) is 43.6 Å². The first-order chi connectivity index (χ1) is 10.2. The first-order valence-corrected chi connectivity index (χ1v) is 8.28. The topological polar surface area (TPSA) is 50.3 Å². The summed E-state index contributed by atoms with van der Waals surface area (Å²) in [5.74, 6) is 1.69. The van der Waals surface area contributed by atoms with Crippen LogP contribution in [0.2, 0.25) is 0 Å². The van der Waals surface area contributed by atoms with Crippen molar-refractivity contribution in [3.8, 4) is 0 Å². The molecule has 21 heavy (non-hydrogen) atoms. The van der Waals surface area contributed by atoms with E-state index < -0.39 is 0 Å². The van der Waals surface area contributed by atoms with Gasteiger partial charge in [-0.15, -0.1) is 11.3 Å². The van der Waals surface area contributed by atoms with Gasteiger partial charge in [-0.3, -0.25) is 0 Å². The van der Waals surface area contributed by atoms with Gasteiger partial charge in [-0.05, 0) is 26.3 Å². The lowest BCUT2D eigenvalue weighted by Gasteiger charge is -2.19. The molecule has 0 radical (unpaired) electrons. The van der Waals surface area contributed by atoms with Crippen LogP contribution in [0.25, 0.3) is 10.2 Å². The summed E-state index contributed by atoms with van der Waals surface area (Å²) >= 11 is 1.71. The molecule has 0 unspecified atom stereocenters. The predicted octanol–water partition coefficient (Wildman–Crippen LogP) is 3.29. The van der Waals surface area contributed by atoms with Gasteiger partial charge in [0.2, 0.25) is 5.95 Å². The van der Waals surface area contributed by atoms with Crippen LogP contribution in [0.15, 0.2) is 6.07 Å². The molecule has 116 valence electrons. The molecule has 0 saturated heterocycles. The molecule has 6 heteroatoms. The molecule has 0 bridgehead atoms. The summed E-state index contributed by atoms with van der Waals surface area (Å²) in [4.78, 5) is 13.7. The van der Waals surface area contributed by atoms with Crippen molar-refractivity contribution in [3.05, 3.63) is 10.9 Å². The highest BCUT2D eigenvalue weighted by molar-refractivity contribution is 7.18. The van der Waals surface area contributed by atoms with E-state index in [-0.39, 0.29) is 0 Å². The third-order valence-electron chi connectivity index (χ3n) is 3.17. The van der Waals surface area contributed by atoms with Crippen LogP contribution in [0, 0.1) is 6.92 Å². The molecule has 2 aromatic rings. The van der Waals surface area contributed by atoms with Crippen LogP contribution in [0.5, 0.6) is 0 Å². The third-order valence-corrected chi connectivity index (χ3v) is 4.11. The number of nitrogens with zero attached hydrogens (tertiary/aromatic N) is 3. The first-order valence-electron chi connectivity index (χ1n) is 7.46. The normalized spacial score (nSPS) is 11.0. The van der Waals surface area contributed by atoms with E-state index in [1.807, 2.05) is 6.92 Å². The highest BCUT2D eigenvalue weighted by atomic mass is 32.1. The lowest BCUT2D eigenvalue weighted by atomic mass is 10.3. The van der Waals surface area contributed by atoms with E-state index in [0.29, 0.717) is 12.6 Å². The van der Waals surface area contributed by atoms with E-state index in [2.05, 4.69) is 47.1 Å². The SMILES string of the molecule is CCCNc1nc(N(C)CCOCC)c2cc(C)sc2n1. The molecule has 0 aliphatic carbocycles. The molecule has 1 N–H and O–H groups in total. The Bertz CT molecular complexity index is 584. The van der Waals surface area contributed by atoms with Crippen LogP contribution in [0.4, 0.5) is 11.8 Å². The van der Waals surface area contributed by atoms with Crippen LogP contribution in [-0.4, -0.2) is 43.3 Å². The van der Waals surface area contributed by atoms with E-state index >= 15 is 0 Å². The van der Waals surface area contributed by atoms with E-state index in [1.54, 1.807) is 11.3 Å². The summed E-state index contributed by atoms with van der Waals surface area (Å²) in [5.41, 5.74) is 0. The number of thiophene rings is 1. The maximum Gasteiger partial charge on any atom is 0.226 e. The molecule has 0 aliphatic rings. The number of hydrogen-bond acceptors (Lipinski definition) is 6. The number of anilines is 2. The lowest BCUT2D eigenvalue weighted by molar-refractivity contribution is 0.154. The second-order valence-corrected chi connectivity index (χ2v) is 6.23. The summed E-state index contributed by atoms with van der Waals surface area (Å²) in [7, 11) is 2.05. The van der Waals surface area contributed by atoms with Crippen molar-refractivity contribution in [1.29, 1.82) is 0 Å². The van der Waals surface area contributed by atoms with Crippen LogP contribution in [0.1, 0.15) is 25.1 Å². The van der Waals surface area contributed by atoms with Crippen LogP contribution in [-0.2, 0) is 4.74 Å². The van der Waals surface area contributed by atoms with Crippen molar-refractivity contribution in [1.82, 2.24) is 9.97 Å². The van der Waals surface area contributed by atoms with Gasteiger partial charge in [-0.2, -0.15) is 4.98 Å². The molecule has 0 aromatic carbocycles. The maximum absolute atomic E-state index is 5.44. The zero-order chi connectivity index (χ0) is 15.2. The van der Waals surface area contributed by atoms with E-state index in [0.717, 1.165) is 42.2 Å². The molecule has 0 spiro atoms. The van der Waals surface area contributed by atoms with Crippen molar-refractivity contribution < 1.29 is 4.74 Å². The zero-order valence-electron chi connectivity index (χ0n) is 13.3. The Labute approximate surface area is 130 Å². The number of nitrogens with one attached hydrogen (secondary N) is 1. The van der Waals surface area contributed by atoms with Crippen molar-refractivity contribution in [2.45, 2.75) is 27.2 Å². The number of ether oxygens (including phenoxy) is 1. The fourth-order valence-electron chi connectivity index (χ4n) is 2.09.